The van der Waals surface area contributed by atoms with Crippen LogP contribution in [0.25, 0.3) is 0 Å². The van der Waals surface area contributed by atoms with Crippen molar-refractivity contribution in [1.29, 1.82) is 0 Å². The quantitative estimate of drug-likeness (QED) is 0.450. The number of hydrogen-bond donors (Lipinski definition) is 3. The third kappa shape index (κ3) is 5.83. The van der Waals surface area contributed by atoms with Crippen LogP contribution in [0.3, 0.4) is 0 Å². The van der Waals surface area contributed by atoms with Gasteiger partial charge in [-0.2, -0.15) is 0 Å². The van der Waals surface area contributed by atoms with Crippen LogP contribution in [0, 0.1) is 0 Å². The summed E-state index contributed by atoms with van der Waals surface area (Å²) in [6, 6.07) is 5.83. The van der Waals surface area contributed by atoms with Crippen LogP contribution >= 0.6 is 0 Å². The molecule has 0 bridgehead atoms. The lowest BCUT2D eigenvalue weighted by atomic mass is 10.2. The Labute approximate surface area is 116 Å². The summed E-state index contributed by atoms with van der Waals surface area (Å²) in [4.78, 5) is 0. The van der Waals surface area contributed by atoms with Crippen molar-refractivity contribution in [3.8, 4) is 5.75 Å². The van der Waals surface area contributed by atoms with Crippen molar-refractivity contribution >= 4 is 11.4 Å². The fraction of sp³-hybridized carbons (Fsp3) is 0.600. The molecular formula is C15H26N2O2. The minimum absolute atomic E-state index is 0.289. The highest BCUT2D eigenvalue weighted by molar-refractivity contribution is 5.72. The first-order chi connectivity index (χ1) is 9.29. The van der Waals surface area contributed by atoms with E-state index in [4.69, 9.17) is 15.6 Å². The Balaban J connectivity index is 2.36. The maximum Gasteiger partial charge on any atom is 0.144 e. The first-order valence-corrected chi connectivity index (χ1v) is 7.15. The second-order valence-electron chi connectivity index (χ2n) is 4.63. The number of hydrogen-bond acceptors (Lipinski definition) is 4. The maximum atomic E-state index is 8.69. The normalized spacial score (nSPS) is 10.4. The van der Waals surface area contributed by atoms with Gasteiger partial charge < -0.3 is 20.9 Å². The predicted molar refractivity (Wildman–Crippen MR) is 80.7 cm³/mol. The maximum absolute atomic E-state index is 8.69. The van der Waals surface area contributed by atoms with E-state index in [1.54, 1.807) is 0 Å². The van der Waals surface area contributed by atoms with E-state index in [0.29, 0.717) is 12.3 Å². The molecule has 4 nitrogen and oxygen atoms in total. The Morgan fingerprint density at radius 2 is 2.00 bits per heavy atom. The second kappa shape index (κ2) is 9.50. The summed E-state index contributed by atoms with van der Waals surface area (Å²) in [5.74, 6) is 0.757. The van der Waals surface area contributed by atoms with Gasteiger partial charge in [-0.05, 0) is 31.4 Å². The third-order valence-corrected chi connectivity index (χ3v) is 2.93. The van der Waals surface area contributed by atoms with Crippen LogP contribution in [0.15, 0.2) is 18.2 Å². The fourth-order valence-corrected chi connectivity index (χ4v) is 1.85. The van der Waals surface area contributed by atoms with Crippen molar-refractivity contribution in [3.05, 3.63) is 18.2 Å². The molecule has 0 aliphatic carbocycles. The fourth-order valence-electron chi connectivity index (χ4n) is 1.85. The molecule has 0 radical (unpaired) electrons. The summed E-state index contributed by atoms with van der Waals surface area (Å²) in [5, 5.41) is 12.0. The summed E-state index contributed by atoms with van der Waals surface area (Å²) in [7, 11) is 0. The van der Waals surface area contributed by atoms with Gasteiger partial charge in [0, 0.05) is 13.2 Å². The number of anilines is 2. The van der Waals surface area contributed by atoms with E-state index < -0.39 is 0 Å². The summed E-state index contributed by atoms with van der Waals surface area (Å²) in [5.41, 5.74) is 7.69. The smallest absolute Gasteiger partial charge is 0.144 e. The molecule has 0 saturated heterocycles. The van der Waals surface area contributed by atoms with Gasteiger partial charge in [-0.25, -0.2) is 0 Å². The van der Waals surface area contributed by atoms with Gasteiger partial charge in [-0.1, -0.05) is 25.8 Å². The van der Waals surface area contributed by atoms with Crippen LogP contribution in [0.5, 0.6) is 5.75 Å². The molecule has 0 aliphatic heterocycles. The standard InChI is InChI=1S/C15H26N2O2/c1-2-12-19-14-9-7-8-13(15(14)16)17-10-5-3-4-6-11-18/h7-9,17-18H,2-6,10-12,16H2,1H3. The zero-order chi connectivity index (χ0) is 13.9. The van der Waals surface area contributed by atoms with Gasteiger partial charge in [-0.15, -0.1) is 0 Å². The first-order valence-electron chi connectivity index (χ1n) is 7.15. The molecule has 0 fully saturated rings. The Bertz CT molecular complexity index is 356. The molecule has 0 aromatic heterocycles. The monoisotopic (exact) mass is 266 g/mol. The Kier molecular flexibility index (Phi) is 7.82. The lowest BCUT2D eigenvalue weighted by molar-refractivity contribution is 0.283. The van der Waals surface area contributed by atoms with Gasteiger partial charge in [0.1, 0.15) is 5.75 Å². The van der Waals surface area contributed by atoms with Crippen LogP contribution in [0.4, 0.5) is 11.4 Å². The minimum atomic E-state index is 0.289. The molecule has 1 aromatic rings. The van der Waals surface area contributed by atoms with Crippen molar-refractivity contribution in [2.45, 2.75) is 39.0 Å². The highest BCUT2D eigenvalue weighted by Gasteiger charge is 2.04. The number of unbranched alkanes of at least 4 members (excludes halogenated alkanes) is 3. The van der Waals surface area contributed by atoms with E-state index in [2.05, 4.69) is 12.2 Å². The largest absolute Gasteiger partial charge is 0.491 e. The summed E-state index contributed by atoms with van der Waals surface area (Å²) in [6.45, 7) is 3.95. The lowest BCUT2D eigenvalue weighted by Crippen LogP contribution is -2.06. The number of aliphatic hydroxyl groups excluding tert-OH is 1. The molecule has 4 N–H and O–H groups in total. The number of ether oxygens (including phenoxy) is 1. The van der Waals surface area contributed by atoms with Crippen molar-refractivity contribution in [2.75, 3.05) is 30.8 Å². The molecule has 0 amide bonds. The molecule has 19 heavy (non-hydrogen) atoms. The number of benzene rings is 1. The predicted octanol–water partition coefficient (Wildman–Crippen LogP) is 3.02. The summed E-state index contributed by atoms with van der Waals surface area (Å²) >= 11 is 0. The van der Waals surface area contributed by atoms with E-state index in [9.17, 15) is 0 Å². The molecule has 0 saturated carbocycles. The summed E-state index contributed by atoms with van der Waals surface area (Å²) < 4.78 is 5.59. The topological polar surface area (TPSA) is 67.5 Å². The molecular weight excluding hydrogens is 240 g/mol. The molecule has 0 heterocycles. The molecule has 0 aliphatic rings. The molecule has 0 spiro atoms. The van der Waals surface area contributed by atoms with Crippen LogP contribution in [-0.4, -0.2) is 24.9 Å². The zero-order valence-electron chi connectivity index (χ0n) is 11.8. The van der Waals surface area contributed by atoms with E-state index in [-0.39, 0.29) is 6.61 Å². The van der Waals surface area contributed by atoms with Crippen LogP contribution in [0.1, 0.15) is 39.0 Å². The van der Waals surface area contributed by atoms with Crippen LogP contribution in [-0.2, 0) is 0 Å². The van der Waals surface area contributed by atoms with Crippen molar-refractivity contribution in [3.63, 3.8) is 0 Å². The third-order valence-electron chi connectivity index (χ3n) is 2.93. The van der Waals surface area contributed by atoms with Gasteiger partial charge in [0.2, 0.25) is 0 Å². The van der Waals surface area contributed by atoms with Gasteiger partial charge in [0.05, 0.1) is 18.0 Å². The van der Waals surface area contributed by atoms with Crippen LogP contribution in [0.2, 0.25) is 0 Å². The number of nitrogens with two attached hydrogens (primary N) is 1. The van der Waals surface area contributed by atoms with Gasteiger partial charge >= 0.3 is 0 Å². The molecule has 0 unspecified atom stereocenters. The minimum Gasteiger partial charge on any atom is -0.491 e. The number of nitrogens with one attached hydrogen (secondary N) is 1. The van der Waals surface area contributed by atoms with E-state index >= 15 is 0 Å². The van der Waals surface area contributed by atoms with Crippen molar-refractivity contribution in [2.24, 2.45) is 0 Å². The van der Waals surface area contributed by atoms with Crippen molar-refractivity contribution in [1.82, 2.24) is 0 Å². The number of para-hydroxylation sites is 1. The Hall–Kier alpha value is -1.42. The van der Waals surface area contributed by atoms with Crippen molar-refractivity contribution < 1.29 is 9.84 Å². The Morgan fingerprint density at radius 1 is 1.21 bits per heavy atom. The van der Waals surface area contributed by atoms with Gasteiger partial charge in [0.15, 0.2) is 0 Å². The SMILES string of the molecule is CCCOc1cccc(NCCCCCCO)c1N. The average molecular weight is 266 g/mol. The summed E-state index contributed by atoms with van der Waals surface area (Å²) in [6.07, 6.45) is 5.15. The number of aliphatic hydroxyl groups is 1. The molecule has 1 rings (SSSR count). The van der Waals surface area contributed by atoms with E-state index in [1.165, 1.54) is 0 Å². The lowest BCUT2D eigenvalue weighted by Gasteiger charge is -2.13. The second-order valence-corrected chi connectivity index (χ2v) is 4.63. The first kappa shape index (κ1) is 15.6. The van der Waals surface area contributed by atoms with E-state index in [1.807, 2.05) is 18.2 Å². The zero-order valence-corrected chi connectivity index (χ0v) is 11.8. The van der Waals surface area contributed by atoms with E-state index in [0.717, 1.165) is 50.1 Å². The average Bonchev–Trinajstić information content (AvgIpc) is 2.43. The number of rotatable bonds is 10. The van der Waals surface area contributed by atoms with Gasteiger partial charge in [0.25, 0.3) is 0 Å². The molecule has 0 atom stereocenters. The molecule has 4 heteroatoms. The Morgan fingerprint density at radius 3 is 2.74 bits per heavy atom. The highest BCUT2D eigenvalue weighted by atomic mass is 16.5. The molecule has 1 aromatic carbocycles. The van der Waals surface area contributed by atoms with Crippen LogP contribution < -0.4 is 15.8 Å². The molecule has 108 valence electrons. The van der Waals surface area contributed by atoms with Gasteiger partial charge in [-0.3, -0.25) is 0 Å². The highest BCUT2D eigenvalue weighted by Crippen LogP contribution is 2.29. The number of nitrogen functional groups attached to an aromatic ring is 1.